The zero-order valence-electron chi connectivity index (χ0n) is 14.7. The third-order valence-corrected chi connectivity index (χ3v) is 4.85. The molecule has 2 aromatic carbocycles. The second-order valence-electron chi connectivity index (χ2n) is 6.21. The fraction of sp³-hybridized carbons (Fsp3) is 0.273. The number of ether oxygens (including phenoxy) is 1. The second kappa shape index (κ2) is 7.36. The molecule has 3 rings (SSSR count). The Morgan fingerprint density at radius 1 is 1.00 bits per heavy atom. The van der Waals surface area contributed by atoms with Crippen LogP contribution in [0.2, 0.25) is 0 Å². The van der Waals surface area contributed by atoms with Crippen molar-refractivity contribution in [1.82, 2.24) is 4.98 Å². The van der Waals surface area contributed by atoms with E-state index in [9.17, 15) is 5.26 Å². The normalized spacial score (nSPS) is 11.2. The first kappa shape index (κ1) is 17.0. The molecule has 0 fully saturated rings. The Balaban J connectivity index is 1.79. The molecule has 0 unspecified atom stereocenters. The van der Waals surface area contributed by atoms with Crippen LogP contribution in [0.25, 0.3) is 10.9 Å². The molecule has 0 N–H and O–H groups in total. The zero-order chi connectivity index (χ0) is 17.7. The lowest BCUT2D eigenvalue weighted by Crippen LogP contribution is -2.21. The molecular weight excluding hydrogens is 308 g/mol. The molecule has 0 bridgehead atoms. The molecule has 1 aromatic heterocycles. The second-order valence-corrected chi connectivity index (χ2v) is 6.21. The molecule has 0 amide bonds. The van der Waals surface area contributed by atoms with Crippen molar-refractivity contribution < 1.29 is 4.74 Å². The van der Waals surface area contributed by atoms with Crippen molar-refractivity contribution in [2.45, 2.75) is 38.7 Å². The van der Waals surface area contributed by atoms with Crippen molar-refractivity contribution in [1.29, 1.82) is 5.26 Å². The average Bonchev–Trinajstić information content (AvgIpc) is 2.68. The summed E-state index contributed by atoms with van der Waals surface area (Å²) in [5.74, 6) is 0.772. The predicted molar refractivity (Wildman–Crippen MR) is 100 cm³/mol. The fourth-order valence-corrected chi connectivity index (χ4v) is 3.11. The van der Waals surface area contributed by atoms with E-state index < -0.39 is 5.41 Å². The Labute approximate surface area is 148 Å². The minimum Gasteiger partial charge on any atom is -0.487 e. The van der Waals surface area contributed by atoms with Gasteiger partial charge in [0.25, 0.3) is 0 Å². The van der Waals surface area contributed by atoms with E-state index in [1.807, 2.05) is 54.6 Å². The summed E-state index contributed by atoms with van der Waals surface area (Å²) in [6.07, 6.45) is 1.57. The van der Waals surface area contributed by atoms with E-state index in [2.05, 4.69) is 31.0 Å². The van der Waals surface area contributed by atoms with Crippen LogP contribution in [0.5, 0.6) is 5.75 Å². The molecule has 1 heterocycles. The molecule has 25 heavy (non-hydrogen) atoms. The van der Waals surface area contributed by atoms with Crippen molar-refractivity contribution in [2.24, 2.45) is 0 Å². The van der Waals surface area contributed by atoms with Gasteiger partial charge in [-0.2, -0.15) is 5.26 Å². The molecule has 0 saturated carbocycles. The molecule has 0 radical (unpaired) electrons. The Morgan fingerprint density at radius 3 is 2.56 bits per heavy atom. The maximum atomic E-state index is 9.63. The molecular formula is C22H22N2O. The van der Waals surface area contributed by atoms with E-state index >= 15 is 0 Å². The molecule has 126 valence electrons. The lowest BCUT2D eigenvalue weighted by Gasteiger charge is -2.24. The van der Waals surface area contributed by atoms with E-state index in [4.69, 9.17) is 4.74 Å². The first-order chi connectivity index (χ1) is 12.2. The number of pyridine rings is 1. The van der Waals surface area contributed by atoms with Gasteiger partial charge < -0.3 is 4.74 Å². The lowest BCUT2D eigenvalue weighted by molar-refractivity contribution is 0.301. The van der Waals surface area contributed by atoms with Crippen molar-refractivity contribution in [3.8, 4) is 11.8 Å². The number of para-hydroxylation sites is 1. The number of hydrogen-bond acceptors (Lipinski definition) is 3. The van der Waals surface area contributed by atoms with Crippen molar-refractivity contribution >= 4 is 10.9 Å². The SMILES string of the molecule is CCC(C#N)(CC)c1cccc(OCc2ccc3ccccc3n2)c1. The van der Waals surface area contributed by atoms with Crippen molar-refractivity contribution in [3.05, 3.63) is 71.9 Å². The van der Waals surface area contributed by atoms with E-state index in [-0.39, 0.29) is 0 Å². The number of rotatable bonds is 6. The minimum atomic E-state index is -0.444. The van der Waals surface area contributed by atoms with Gasteiger partial charge in [0.05, 0.1) is 22.7 Å². The summed E-state index contributed by atoms with van der Waals surface area (Å²) >= 11 is 0. The van der Waals surface area contributed by atoms with Crippen LogP contribution in [0.1, 0.15) is 37.9 Å². The van der Waals surface area contributed by atoms with Gasteiger partial charge in [-0.3, -0.25) is 0 Å². The summed E-state index contributed by atoms with van der Waals surface area (Å²) < 4.78 is 5.94. The van der Waals surface area contributed by atoms with Gasteiger partial charge in [-0.25, -0.2) is 4.98 Å². The van der Waals surface area contributed by atoms with Crippen molar-refractivity contribution in [3.63, 3.8) is 0 Å². The summed E-state index contributed by atoms with van der Waals surface area (Å²) in [6.45, 7) is 4.52. The molecule has 0 saturated heterocycles. The molecule has 0 atom stereocenters. The Hall–Kier alpha value is -2.86. The summed E-state index contributed by atoms with van der Waals surface area (Å²) in [7, 11) is 0. The summed E-state index contributed by atoms with van der Waals surface area (Å²) in [5.41, 5.74) is 2.43. The molecule has 3 heteroatoms. The zero-order valence-corrected chi connectivity index (χ0v) is 14.7. The first-order valence-corrected chi connectivity index (χ1v) is 8.70. The number of benzene rings is 2. The highest BCUT2D eigenvalue weighted by atomic mass is 16.5. The van der Waals surface area contributed by atoms with Crippen LogP contribution in [0.3, 0.4) is 0 Å². The quantitative estimate of drug-likeness (QED) is 0.608. The number of nitriles is 1. The third-order valence-electron chi connectivity index (χ3n) is 4.85. The smallest absolute Gasteiger partial charge is 0.130 e. The van der Waals surface area contributed by atoms with Gasteiger partial charge >= 0.3 is 0 Å². The number of hydrogen-bond donors (Lipinski definition) is 0. The maximum absolute atomic E-state index is 9.63. The van der Waals surface area contributed by atoms with Gasteiger partial charge in [0, 0.05) is 5.39 Å². The van der Waals surface area contributed by atoms with Crippen LogP contribution in [-0.2, 0) is 12.0 Å². The van der Waals surface area contributed by atoms with Gasteiger partial charge in [-0.1, -0.05) is 50.2 Å². The van der Waals surface area contributed by atoms with E-state index in [0.29, 0.717) is 6.61 Å². The summed E-state index contributed by atoms with van der Waals surface area (Å²) in [5, 5.41) is 10.8. The molecule has 0 aliphatic carbocycles. The van der Waals surface area contributed by atoms with Crippen LogP contribution in [-0.4, -0.2) is 4.98 Å². The number of nitrogens with zero attached hydrogens (tertiary/aromatic N) is 2. The largest absolute Gasteiger partial charge is 0.487 e. The highest BCUT2D eigenvalue weighted by Gasteiger charge is 2.28. The van der Waals surface area contributed by atoms with E-state index in [0.717, 1.165) is 40.8 Å². The van der Waals surface area contributed by atoms with Crippen LogP contribution in [0.15, 0.2) is 60.7 Å². The molecule has 3 aromatic rings. The van der Waals surface area contributed by atoms with Gasteiger partial charge in [-0.05, 0) is 42.7 Å². The Bertz CT molecular complexity index is 907. The topological polar surface area (TPSA) is 45.9 Å². The molecule has 0 aliphatic rings. The van der Waals surface area contributed by atoms with E-state index in [1.54, 1.807) is 0 Å². The van der Waals surface area contributed by atoms with Crippen LogP contribution >= 0.6 is 0 Å². The fourth-order valence-electron chi connectivity index (χ4n) is 3.11. The standard InChI is InChI=1S/C22H22N2O/c1-3-22(4-2,16-23)18-9-7-10-20(14-18)25-15-19-13-12-17-8-5-6-11-21(17)24-19/h5-14H,3-4,15H2,1-2H3. The summed E-state index contributed by atoms with van der Waals surface area (Å²) in [6, 6.07) is 22.5. The van der Waals surface area contributed by atoms with Gasteiger partial charge in [0.2, 0.25) is 0 Å². The average molecular weight is 330 g/mol. The Morgan fingerprint density at radius 2 is 1.80 bits per heavy atom. The highest BCUT2D eigenvalue weighted by Crippen LogP contribution is 2.33. The first-order valence-electron chi connectivity index (χ1n) is 8.70. The van der Waals surface area contributed by atoms with Crippen LogP contribution in [0, 0.1) is 11.3 Å². The molecule has 3 nitrogen and oxygen atoms in total. The van der Waals surface area contributed by atoms with E-state index in [1.165, 1.54) is 0 Å². The van der Waals surface area contributed by atoms with Gasteiger partial charge in [0.1, 0.15) is 12.4 Å². The Kier molecular flexibility index (Phi) is 5.00. The monoisotopic (exact) mass is 330 g/mol. The van der Waals surface area contributed by atoms with Gasteiger partial charge in [-0.15, -0.1) is 0 Å². The van der Waals surface area contributed by atoms with Crippen molar-refractivity contribution in [2.75, 3.05) is 0 Å². The molecule has 0 spiro atoms. The minimum absolute atomic E-state index is 0.409. The van der Waals surface area contributed by atoms with Crippen LogP contribution in [0.4, 0.5) is 0 Å². The highest BCUT2D eigenvalue weighted by molar-refractivity contribution is 5.78. The molecule has 0 aliphatic heterocycles. The lowest BCUT2D eigenvalue weighted by atomic mass is 9.77. The van der Waals surface area contributed by atoms with Crippen LogP contribution < -0.4 is 4.74 Å². The number of aromatic nitrogens is 1. The predicted octanol–water partition coefficient (Wildman–Crippen LogP) is 5.40. The third kappa shape index (κ3) is 3.49. The number of fused-ring (bicyclic) bond motifs is 1. The summed E-state index contributed by atoms with van der Waals surface area (Å²) in [4.78, 5) is 4.63. The maximum Gasteiger partial charge on any atom is 0.130 e. The van der Waals surface area contributed by atoms with Gasteiger partial charge in [0.15, 0.2) is 0 Å².